The van der Waals surface area contributed by atoms with Gasteiger partial charge >= 0.3 is 12.1 Å². The number of ether oxygens (including phenoxy) is 2. The van der Waals surface area contributed by atoms with Gasteiger partial charge in [0, 0.05) is 6.42 Å². The highest BCUT2D eigenvalue weighted by molar-refractivity contribution is 7.86. The van der Waals surface area contributed by atoms with E-state index in [1.54, 1.807) is 12.1 Å². The topological polar surface area (TPSA) is 99.2 Å². The van der Waals surface area contributed by atoms with Crippen molar-refractivity contribution >= 4 is 22.2 Å². The second-order valence-electron chi connectivity index (χ2n) is 7.95. The molecule has 2 aromatic carbocycles. The SMILES string of the molecule is CCCCOC(=O)[C@@H]1C[C@@H](OS(=O)(=O)c2ccc(C)cc2)CN1C(=O)OCc1ccccc1. The average Bonchev–Trinajstić information content (AvgIpc) is 3.22. The Hall–Kier alpha value is -2.91. The van der Waals surface area contributed by atoms with Crippen LogP contribution in [0.3, 0.4) is 0 Å². The van der Waals surface area contributed by atoms with Crippen LogP contribution in [0.15, 0.2) is 59.5 Å². The summed E-state index contributed by atoms with van der Waals surface area (Å²) in [5.41, 5.74) is 1.71. The number of carbonyl (C=O) groups is 2. The van der Waals surface area contributed by atoms with E-state index in [2.05, 4.69) is 0 Å². The molecule has 33 heavy (non-hydrogen) atoms. The number of rotatable bonds is 9. The molecular formula is C24H29NO7S. The Balaban J connectivity index is 1.70. The van der Waals surface area contributed by atoms with Crippen molar-refractivity contribution < 1.29 is 31.7 Å². The number of hydrogen-bond acceptors (Lipinski definition) is 7. The van der Waals surface area contributed by atoms with Crippen molar-refractivity contribution in [1.29, 1.82) is 0 Å². The maximum absolute atomic E-state index is 12.8. The number of unbranched alkanes of at least 4 members (excludes halogenated alkanes) is 1. The lowest BCUT2D eigenvalue weighted by molar-refractivity contribution is -0.148. The molecule has 1 aliphatic rings. The molecule has 2 atom stereocenters. The Labute approximate surface area is 194 Å². The Morgan fingerprint density at radius 2 is 1.73 bits per heavy atom. The van der Waals surface area contributed by atoms with Gasteiger partial charge in [0.15, 0.2) is 0 Å². The molecule has 1 amide bonds. The van der Waals surface area contributed by atoms with Crippen molar-refractivity contribution in [3.05, 3.63) is 65.7 Å². The summed E-state index contributed by atoms with van der Waals surface area (Å²) in [7, 11) is -4.07. The van der Waals surface area contributed by atoms with Gasteiger partial charge in [-0.05, 0) is 31.0 Å². The first-order chi connectivity index (χ1) is 15.8. The molecule has 0 aliphatic carbocycles. The third-order valence-electron chi connectivity index (χ3n) is 5.29. The van der Waals surface area contributed by atoms with Gasteiger partial charge in [-0.2, -0.15) is 8.42 Å². The van der Waals surface area contributed by atoms with Gasteiger partial charge < -0.3 is 9.47 Å². The highest BCUT2D eigenvalue weighted by Crippen LogP contribution is 2.26. The largest absolute Gasteiger partial charge is 0.464 e. The van der Waals surface area contributed by atoms with Crippen LogP contribution in [0.2, 0.25) is 0 Å². The first kappa shape index (κ1) is 24.7. The molecule has 1 heterocycles. The molecule has 2 aromatic rings. The molecule has 0 bridgehead atoms. The van der Waals surface area contributed by atoms with Gasteiger partial charge in [0.2, 0.25) is 0 Å². The zero-order valence-electron chi connectivity index (χ0n) is 18.8. The minimum Gasteiger partial charge on any atom is -0.464 e. The van der Waals surface area contributed by atoms with Crippen LogP contribution in [0.25, 0.3) is 0 Å². The third kappa shape index (κ3) is 6.79. The molecule has 0 radical (unpaired) electrons. The van der Waals surface area contributed by atoms with Crippen LogP contribution in [0.4, 0.5) is 4.79 Å². The second kappa shape index (κ2) is 11.3. The van der Waals surface area contributed by atoms with E-state index < -0.39 is 34.3 Å². The summed E-state index contributed by atoms with van der Waals surface area (Å²) in [6.45, 7) is 3.97. The number of nitrogens with zero attached hydrogens (tertiary/aromatic N) is 1. The third-order valence-corrected chi connectivity index (χ3v) is 6.66. The normalized spacial score (nSPS) is 18.2. The molecule has 0 aromatic heterocycles. The Morgan fingerprint density at radius 3 is 2.39 bits per heavy atom. The van der Waals surface area contributed by atoms with Crippen molar-refractivity contribution in [2.75, 3.05) is 13.2 Å². The summed E-state index contributed by atoms with van der Waals surface area (Å²) in [5.74, 6) is -0.598. The maximum atomic E-state index is 12.8. The van der Waals surface area contributed by atoms with Crippen molar-refractivity contribution in [3.8, 4) is 0 Å². The van der Waals surface area contributed by atoms with Crippen molar-refractivity contribution in [3.63, 3.8) is 0 Å². The smallest absolute Gasteiger partial charge is 0.410 e. The first-order valence-corrected chi connectivity index (χ1v) is 12.3. The second-order valence-corrected chi connectivity index (χ2v) is 9.52. The van der Waals surface area contributed by atoms with Crippen molar-refractivity contribution in [2.45, 2.75) is 56.8 Å². The van der Waals surface area contributed by atoms with Crippen molar-refractivity contribution in [1.82, 2.24) is 4.90 Å². The van der Waals surface area contributed by atoms with Gasteiger partial charge in [0.1, 0.15) is 12.6 Å². The minimum absolute atomic E-state index is 0.00349. The van der Waals surface area contributed by atoms with Gasteiger partial charge in [0.05, 0.1) is 24.2 Å². The monoisotopic (exact) mass is 475 g/mol. The highest BCUT2D eigenvalue weighted by Gasteiger charge is 2.43. The van der Waals surface area contributed by atoms with Crippen LogP contribution >= 0.6 is 0 Å². The Morgan fingerprint density at radius 1 is 1.03 bits per heavy atom. The fraction of sp³-hybridized carbons (Fsp3) is 0.417. The van der Waals surface area contributed by atoms with Crippen LogP contribution < -0.4 is 0 Å². The van der Waals surface area contributed by atoms with Gasteiger partial charge in [-0.1, -0.05) is 61.4 Å². The predicted octanol–water partition coefficient (Wildman–Crippen LogP) is 3.82. The molecule has 0 saturated carbocycles. The molecule has 178 valence electrons. The van der Waals surface area contributed by atoms with E-state index in [4.69, 9.17) is 13.7 Å². The van der Waals surface area contributed by atoms with E-state index in [0.29, 0.717) is 6.42 Å². The van der Waals surface area contributed by atoms with Gasteiger partial charge in [-0.3, -0.25) is 9.08 Å². The Kier molecular flexibility index (Phi) is 8.46. The molecule has 9 heteroatoms. The lowest BCUT2D eigenvalue weighted by Crippen LogP contribution is -2.42. The molecule has 0 N–H and O–H groups in total. The van der Waals surface area contributed by atoms with Crippen LogP contribution in [-0.2, 0) is 35.2 Å². The predicted molar refractivity (Wildman–Crippen MR) is 121 cm³/mol. The van der Waals surface area contributed by atoms with E-state index in [0.717, 1.165) is 17.5 Å². The fourth-order valence-electron chi connectivity index (χ4n) is 3.45. The molecule has 0 spiro atoms. The number of aryl methyl sites for hydroxylation is 1. The van der Waals surface area contributed by atoms with Gasteiger partial charge in [-0.15, -0.1) is 0 Å². The van der Waals surface area contributed by atoms with Gasteiger partial charge in [0.25, 0.3) is 10.1 Å². The summed E-state index contributed by atoms with van der Waals surface area (Å²) in [4.78, 5) is 26.6. The number of hydrogen-bond donors (Lipinski definition) is 0. The maximum Gasteiger partial charge on any atom is 0.410 e. The molecule has 1 fully saturated rings. The summed E-state index contributed by atoms with van der Waals surface area (Å²) in [5, 5.41) is 0. The van der Waals surface area contributed by atoms with Crippen LogP contribution in [0.1, 0.15) is 37.3 Å². The Bertz CT molecular complexity index is 1040. The summed E-state index contributed by atoms with van der Waals surface area (Å²) in [6, 6.07) is 14.4. The van der Waals surface area contributed by atoms with Gasteiger partial charge in [-0.25, -0.2) is 9.59 Å². The van der Waals surface area contributed by atoms with E-state index in [-0.39, 0.29) is 31.1 Å². The number of esters is 1. The zero-order valence-corrected chi connectivity index (χ0v) is 19.6. The van der Waals surface area contributed by atoms with E-state index in [1.165, 1.54) is 17.0 Å². The van der Waals surface area contributed by atoms with Crippen molar-refractivity contribution in [2.24, 2.45) is 0 Å². The quantitative estimate of drug-likeness (QED) is 0.309. The van der Waals surface area contributed by atoms with E-state index in [1.807, 2.05) is 44.2 Å². The number of amides is 1. The summed E-state index contributed by atoms with van der Waals surface area (Å²) < 4.78 is 41.5. The van der Waals surface area contributed by atoms with E-state index >= 15 is 0 Å². The summed E-state index contributed by atoms with van der Waals surface area (Å²) >= 11 is 0. The zero-order chi connectivity index (χ0) is 23.8. The number of carbonyl (C=O) groups excluding carboxylic acids is 2. The molecule has 0 unspecified atom stereocenters. The highest BCUT2D eigenvalue weighted by atomic mass is 32.2. The minimum atomic E-state index is -4.07. The van der Waals surface area contributed by atoms with Crippen LogP contribution in [0.5, 0.6) is 0 Å². The van der Waals surface area contributed by atoms with Crippen LogP contribution in [-0.4, -0.2) is 50.7 Å². The molecule has 1 saturated heterocycles. The van der Waals surface area contributed by atoms with E-state index in [9.17, 15) is 18.0 Å². The standard InChI is InChI=1S/C24H29NO7S/c1-3-4-14-30-23(26)22-15-20(32-33(28,29)21-12-10-18(2)11-13-21)16-25(22)24(27)31-17-19-8-6-5-7-9-19/h5-13,20,22H,3-4,14-17H2,1-2H3/t20-,22+/m1/s1. The molecule has 8 nitrogen and oxygen atoms in total. The lowest BCUT2D eigenvalue weighted by atomic mass is 10.2. The molecular weight excluding hydrogens is 446 g/mol. The molecule has 3 rings (SSSR count). The fourth-order valence-corrected chi connectivity index (χ4v) is 4.53. The first-order valence-electron chi connectivity index (χ1n) is 10.9. The molecule has 1 aliphatic heterocycles. The average molecular weight is 476 g/mol. The summed E-state index contributed by atoms with van der Waals surface area (Å²) in [6.07, 6.45) is -0.0874. The van der Waals surface area contributed by atoms with Crippen LogP contribution in [0, 0.1) is 6.92 Å². The lowest BCUT2D eigenvalue weighted by Gasteiger charge is -2.22. The number of likely N-dealkylation sites (tertiary alicyclic amines) is 1. The number of benzene rings is 2.